The van der Waals surface area contributed by atoms with Crippen molar-refractivity contribution in [3.63, 3.8) is 0 Å². The highest BCUT2D eigenvalue weighted by atomic mass is 16.7. The lowest BCUT2D eigenvalue weighted by Gasteiger charge is -2.47. The first-order valence-electron chi connectivity index (χ1n) is 40.9. The van der Waals surface area contributed by atoms with E-state index in [-0.39, 0.29) is 119 Å². The molecule has 14 N–H and O–H groups in total. The fourth-order valence-electron chi connectivity index (χ4n) is 16.7. The van der Waals surface area contributed by atoms with Crippen molar-refractivity contribution in [3.05, 3.63) is 58.7 Å². The molecule has 0 spiro atoms. The quantitative estimate of drug-likeness (QED) is 0.0604. The van der Waals surface area contributed by atoms with Gasteiger partial charge in [0.15, 0.2) is 30.4 Å². The van der Waals surface area contributed by atoms with Gasteiger partial charge in [0.05, 0.1) is 115 Å². The summed E-state index contributed by atoms with van der Waals surface area (Å²) in [6, 6.07) is 4.77. The third kappa shape index (κ3) is 26.7. The Labute approximate surface area is 654 Å². The first-order chi connectivity index (χ1) is 52.1. The molecule has 0 amide bonds. The number of hydrogen-bond donors (Lipinski definition) is 14. The maximum atomic E-state index is 14.2. The highest BCUT2D eigenvalue weighted by Gasteiger charge is 2.52. The predicted octanol–water partition coefficient (Wildman–Crippen LogP) is 6.26. The van der Waals surface area contributed by atoms with E-state index in [1.807, 2.05) is 6.92 Å². The van der Waals surface area contributed by atoms with Crippen molar-refractivity contribution < 1.29 is 138 Å². The molecule has 6 aliphatic rings. The maximum Gasteiger partial charge on any atom is 0.312 e. The first kappa shape index (κ1) is 94.0. The number of fused-ring (bicyclic) bond motifs is 3. The van der Waals surface area contributed by atoms with Crippen molar-refractivity contribution in [1.29, 1.82) is 0 Å². The van der Waals surface area contributed by atoms with Crippen molar-refractivity contribution >= 4 is 29.3 Å². The Bertz CT molecular complexity index is 3160. The summed E-state index contributed by atoms with van der Waals surface area (Å²) in [7, 11) is 0. The molecule has 0 aromatic heterocycles. The van der Waals surface area contributed by atoms with E-state index in [0.717, 1.165) is 0 Å². The number of esters is 2. The van der Waals surface area contributed by atoms with Crippen LogP contribution < -0.4 is 0 Å². The number of allylic oxidation sites excluding steroid dienone is 2. The summed E-state index contributed by atoms with van der Waals surface area (Å²) < 4.78 is 56.3. The number of Topliss-reactive ketones (excluding diaryl/α,β-unsaturated/α-hetero) is 2. The normalized spacial score (nSPS) is 39.8. The smallest absolute Gasteiger partial charge is 0.312 e. The Morgan fingerprint density at radius 2 is 1.23 bits per heavy atom. The Kier molecular flexibility index (Phi) is 36.2. The minimum absolute atomic E-state index is 0.0233. The van der Waals surface area contributed by atoms with Gasteiger partial charge in [-0.2, -0.15) is 0 Å². The Hall–Kier alpha value is -4.19. The first-order valence-corrected chi connectivity index (χ1v) is 40.9. The molecule has 28 nitrogen and oxygen atoms in total. The van der Waals surface area contributed by atoms with Crippen LogP contribution in [0, 0.1) is 41.4 Å². The molecule has 0 saturated carbocycles. The van der Waals surface area contributed by atoms with Crippen LogP contribution in [0.5, 0.6) is 0 Å². The second kappa shape index (κ2) is 42.8. The molecule has 5 heterocycles. The number of benzene rings is 1. The summed E-state index contributed by atoms with van der Waals surface area (Å²) in [5.74, 6) is -10.7. The van der Waals surface area contributed by atoms with Gasteiger partial charge in [-0.05, 0) is 186 Å². The molecule has 28 heteroatoms. The van der Waals surface area contributed by atoms with Gasteiger partial charge in [-0.3, -0.25) is 24.0 Å². The molecule has 4 saturated heterocycles. The van der Waals surface area contributed by atoms with Crippen molar-refractivity contribution in [1.82, 2.24) is 0 Å². The van der Waals surface area contributed by atoms with E-state index in [4.69, 9.17) is 42.6 Å². The van der Waals surface area contributed by atoms with Crippen molar-refractivity contribution in [2.45, 2.75) is 390 Å². The largest absolute Gasteiger partial charge is 0.461 e. The maximum absolute atomic E-state index is 14.2. The third-order valence-electron chi connectivity index (χ3n) is 24.1. The summed E-state index contributed by atoms with van der Waals surface area (Å²) in [6.45, 7) is 22.1. The lowest BCUT2D eigenvalue weighted by atomic mass is 9.78. The van der Waals surface area contributed by atoms with E-state index in [2.05, 4.69) is 0 Å². The number of aliphatic hydroxyl groups is 14. The number of aliphatic hydroxyl groups excluding tert-OH is 12. The van der Waals surface area contributed by atoms with Crippen molar-refractivity contribution in [2.24, 2.45) is 41.4 Å². The zero-order valence-electron chi connectivity index (χ0n) is 67.4. The number of carbonyl (C=O) groups is 5. The van der Waals surface area contributed by atoms with Gasteiger partial charge in [-0.15, -0.1) is 0 Å². The Morgan fingerprint density at radius 1 is 0.604 bits per heavy atom. The Balaban J connectivity index is 0.945. The van der Waals surface area contributed by atoms with Crippen LogP contribution in [0.2, 0.25) is 0 Å². The molecule has 2 bridgehead atoms. The fourth-order valence-corrected chi connectivity index (χ4v) is 16.7. The van der Waals surface area contributed by atoms with Crippen molar-refractivity contribution in [3.8, 4) is 0 Å². The minimum atomic E-state index is -2.58. The number of carbonyl (C=O) groups excluding carboxylic acids is 5. The second-order valence-corrected chi connectivity index (χ2v) is 33.8. The van der Waals surface area contributed by atoms with Crippen LogP contribution in [0.1, 0.15) is 264 Å². The van der Waals surface area contributed by atoms with E-state index in [1.54, 1.807) is 107 Å². The SMILES string of the molecule is CCC(OC1CC(C)(O)C(OC2CCC(OC(=O)C(C)C(OC3CCC(O)C(C)O3)c3ccc4c(c3)C(=O)C=C(C)C4=O)C(C)O2)C(C)O1)C(C)C(O)C(C)C(O)C(C)C1OC(=O)CCC(C)C(O)CC(O)CCCC(O)CCC(C)C(O)C(=O)C2(O)CC(O)CC(CC(O)CC(O)CC(O)CCCC(O)/C=C/C1C)O2. The summed E-state index contributed by atoms with van der Waals surface area (Å²) in [4.78, 5) is 67.8. The van der Waals surface area contributed by atoms with E-state index in [1.165, 1.54) is 12.2 Å². The van der Waals surface area contributed by atoms with Gasteiger partial charge in [0.25, 0.3) is 0 Å². The van der Waals surface area contributed by atoms with Crippen LogP contribution in [0.4, 0.5) is 0 Å². The van der Waals surface area contributed by atoms with Gasteiger partial charge in [-0.25, -0.2) is 0 Å². The van der Waals surface area contributed by atoms with Crippen LogP contribution >= 0.6 is 0 Å². The molecule has 1 aromatic carbocycles. The molecular formula is C83H134O28. The van der Waals surface area contributed by atoms with Crippen LogP contribution in [0.3, 0.4) is 0 Å². The third-order valence-corrected chi connectivity index (χ3v) is 24.1. The summed E-state index contributed by atoms with van der Waals surface area (Å²) in [6.07, 6.45) is -16.7. The lowest BCUT2D eigenvalue weighted by molar-refractivity contribution is -0.330. The number of ether oxygens (including phenoxy) is 9. The summed E-state index contributed by atoms with van der Waals surface area (Å²) in [5, 5.41) is 157. The Morgan fingerprint density at radius 3 is 1.89 bits per heavy atom. The van der Waals surface area contributed by atoms with E-state index < -0.39 is 224 Å². The molecular weight excluding hydrogens is 1440 g/mol. The molecule has 33 atom stereocenters. The minimum Gasteiger partial charge on any atom is -0.461 e. The van der Waals surface area contributed by atoms with Crippen LogP contribution in [-0.4, -0.2) is 253 Å². The number of ketones is 3. The average Bonchev–Trinajstić information content (AvgIpc) is 0.793. The van der Waals surface area contributed by atoms with Crippen LogP contribution in [-0.2, 0) is 57.0 Å². The van der Waals surface area contributed by atoms with Crippen LogP contribution in [0.15, 0.2) is 42.0 Å². The van der Waals surface area contributed by atoms with Gasteiger partial charge in [0.1, 0.15) is 24.4 Å². The van der Waals surface area contributed by atoms with E-state index in [9.17, 15) is 95.5 Å². The topological polar surface area (TPSA) is 452 Å². The highest BCUT2D eigenvalue weighted by Crippen LogP contribution is 2.41. The molecule has 1 aliphatic carbocycles. The van der Waals surface area contributed by atoms with E-state index in [0.29, 0.717) is 49.7 Å². The molecule has 111 heavy (non-hydrogen) atoms. The zero-order valence-corrected chi connectivity index (χ0v) is 67.4. The van der Waals surface area contributed by atoms with Gasteiger partial charge in [-0.1, -0.05) is 66.7 Å². The summed E-state index contributed by atoms with van der Waals surface area (Å²) >= 11 is 0. The standard InChI is InChI=1S/C83H134O28/c1-14-67(106-72-41-82(13,101)80(52(12)105-72)110-71-32-29-68(51(11)104-71)107-81(100)49(9)78(109-70-31-28-64(91)50(10)103-70)53-24-27-62-63(34-53)66(93)33-45(5)73(62)95)46(6)75(97)47(7)76(98)48(8)77-44(4)22-26-55(85)17-15-19-56(86)35-58(88)36-59(89)37-61-38-60(90)40-83(102,111-61)79(99)74(96)43(3)21-25-54(84)18-16-20-57(87)39-65(92)42(2)23-30-69(94)108-77/h22,24,26-27,33-34,42-44,46-52,54-61,64-65,67-68,70-72,74-78,80,84-92,96-98,101-102H,14-21,23,25,28-32,35-41H2,1-13H3/b26-22+. The predicted molar refractivity (Wildman–Crippen MR) is 403 cm³/mol. The van der Waals surface area contributed by atoms with Gasteiger partial charge < -0.3 is 114 Å². The highest BCUT2D eigenvalue weighted by molar-refractivity contribution is 6.24. The van der Waals surface area contributed by atoms with Crippen molar-refractivity contribution in [2.75, 3.05) is 0 Å². The molecule has 5 aliphatic heterocycles. The number of cyclic esters (lactones) is 1. The number of hydrogen-bond acceptors (Lipinski definition) is 28. The lowest BCUT2D eigenvalue weighted by Crippen LogP contribution is -2.59. The molecule has 634 valence electrons. The molecule has 1 aromatic rings. The monoisotopic (exact) mass is 1580 g/mol. The zero-order chi connectivity index (χ0) is 82.3. The van der Waals surface area contributed by atoms with Gasteiger partial charge in [0.2, 0.25) is 11.6 Å². The molecule has 7 rings (SSSR count). The second-order valence-electron chi connectivity index (χ2n) is 33.8. The van der Waals surface area contributed by atoms with E-state index >= 15 is 0 Å². The average molecular weight is 1580 g/mol. The molecule has 0 radical (unpaired) electrons. The number of rotatable bonds is 17. The molecule has 33 unspecified atom stereocenters. The van der Waals surface area contributed by atoms with Gasteiger partial charge >= 0.3 is 11.9 Å². The fraction of sp³-hybridized carbons (Fsp3) is 0.819. The summed E-state index contributed by atoms with van der Waals surface area (Å²) in [5.41, 5.74) is -0.329. The molecule has 4 fully saturated rings. The van der Waals surface area contributed by atoms with Crippen LogP contribution in [0.25, 0.3) is 0 Å². The van der Waals surface area contributed by atoms with Gasteiger partial charge in [0, 0.05) is 72.5 Å².